The van der Waals surface area contributed by atoms with Gasteiger partial charge in [-0.2, -0.15) is 5.26 Å². The summed E-state index contributed by atoms with van der Waals surface area (Å²) >= 11 is 0. The van der Waals surface area contributed by atoms with Crippen molar-refractivity contribution in [2.45, 2.75) is 12.5 Å². The maximum atomic E-state index is 8.54. The third-order valence-corrected chi connectivity index (χ3v) is 3.28. The second-order valence-corrected chi connectivity index (χ2v) is 4.59. The van der Waals surface area contributed by atoms with Gasteiger partial charge in [0.05, 0.1) is 6.07 Å². The summed E-state index contributed by atoms with van der Waals surface area (Å²) < 4.78 is 0. The summed E-state index contributed by atoms with van der Waals surface area (Å²) in [6, 6.07) is 4.41. The van der Waals surface area contributed by atoms with E-state index in [2.05, 4.69) is 39.2 Å². The maximum absolute atomic E-state index is 8.54. The number of likely N-dealkylation sites (N-methyl/N-ethyl adjacent to an activating group) is 2. The summed E-state index contributed by atoms with van der Waals surface area (Å²) in [4.78, 5) is 12.9. The van der Waals surface area contributed by atoms with Crippen LogP contribution < -0.4 is 10.2 Å². The summed E-state index contributed by atoms with van der Waals surface area (Å²) in [5.74, 6) is 1.59. The summed E-state index contributed by atoms with van der Waals surface area (Å²) in [5.41, 5.74) is 0. The molecule has 0 aromatic carbocycles. The molecule has 1 fully saturated rings. The van der Waals surface area contributed by atoms with Crippen LogP contribution in [0.1, 0.15) is 6.42 Å². The molecule has 0 saturated carbocycles. The standard InChI is InChI=1S/C12H18N6/c1-17-6-3-10(8-17)18(2)12-7-11(14-5-4-13)15-9-16-12/h7,9-10H,3,5-6,8H2,1-2H3,(H,14,15,16). The smallest absolute Gasteiger partial charge is 0.134 e. The largest absolute Gasteiger partial charge is 0.357 e. The summed E-state index contributed by atoms with van der Waals surface area (Å²) in [6.45, 7) is 2.44. The van der Waals surface area contributed by atoms with Gasteiger partial charge in [0, 0.05) is 25.7 Å². The van der Waals surface area contributed by atoms with Crippen LogP contribution in [-0.2, 0) is 0 Å². The topological polar surface area (TPSA) is 68.1 Å². The highest BCUT2D eigenvalue weighted by atomic mass is 15.3. The summed E-state index contributed by atoms with van der Waals surface area (Å²) in [6.07, 6.45) is 2.68. The third kappa shape index (κ3) is 2.87. The van der Waals surface area contributed by atoms with Crippen LogP contribution in [0.4, 0.5) is 11.6 Å². The Bertz CT molecular complexity index is 440. The number of anilines is 2. The highest BCUT2D eigenvalue weighted by Crippen LogP contribution is 2.20. The molecule has 2 rings (SSSR count). The molecule has 6 heteroatoms. The van der Waals surface area contributed by atoms with Crippen LogP contribution in [0, 0.1) is 11.3 Å². The monoisotopic (exact) mass is 246 g/mol. The van der Waals surface area contributed by atoms with E-state index in [1.165, 1.54) is 6.33 Å². The lowest BCUT2D eigenvalue weighted by atomic mass is 10.2. The fourth-order valence-corrected chi connectivity index (χ4v) is 2.18. The van der Waals surface area contributed by atoms with Gasteiger partial charge in [-0.05, 0) is 20.0 Å². The average molecular weight is 246 g/mol. The molecule has 1 aliphatic heterocycles. The van der Waals surface area contributed by atoms with E-state index in [4.69, 9.17) is 5.26 Å². The van der Waals surface area contributed by atoms with Crippen molar-refractivity contribution >= 4 is 11.6 Å². The molecule has 1 unspecified atom stereocenters. The number of nitriles is 1. The minimum atomic E-state index is 0.256. The molecule has 6 nitrogen and oxygen atoms in total. The second-order valence-electron chi connectivity index (χ2n) is 4.59. The fourth-order valence-electron chi connectivity index (χ4n) is 2.18. The Morgan fingerprint density at radius 2 is 2.44 bits per heavy atom. The van der Waals surface area contributed by atoms with Crippen molar-refractivity contribution in [3.05, 3.63) is 12.4 Å². The molecule has 0 bridgehead atoms. The zero-order chi connectivity index (χ0) is 13.0. The van der Waals surface area contributed by atoms with E-state index in [-0.39, 0.29) is 6.54 Å². The number of hydrogen-bond acceptors (Lipinski definition) is 6. The molecule has 0 radical (unpaired) electrons. The first-order valence-electron chi connectivity index (χ1n) is 6.05. The number of aromatic nitrogens is 2. The van der Waals surface area contributed by atoms with Crippen molar-refractivity contribution in [1.29, 1.82) is 5.26 Å². The van der Waals surface area contributed by atoms with Crippen LogP contribution >= 0.6 is 0 Å². The molecule has 96 valence electrons. The lowest BCUT2D eigenvalue weighted by Crippen LogP contribution is -2.34. The van der Waals surface area contributed by atoms with Crippen molar-refractivity contribution in [3.8, 4) is 6.07 Å². The molecule has 1 aromatic heterocycles. The molecule has 1 aromatic rings. The lowest BCUT2D eigenvalue weighted by Gasteiger charge is -2.25. The van der Waals surface area contributed by atoms with Gasteiger partial charge in [0.25, 0.3) is 0 Å². The highest BCUT2D eigenvalue weighted by molar-refractivity contribution is 5.49. The van der Waals surface area contributed by atoms with Crippen LogP contribution in [0.5, 0.6) is 0 Å². The Morgan fingerprint density at radius 1 is 1.61 bits per heavy atom. The molecule has 1 saturated heterocycles. The number of likely N-dealkylation sites (tertiary alicyclic amines) is 1. The first kappa shape index (κ1) is 12.6. The molecular formula is C12H18N6. The van der Waals surface area contributed by atoms with E-state index in [0.717, 1.165) is 25.3 Å². The Labute approximate surface area is 107 Å². The molecule has 0 aliphatic carbocycles. The van der Waals surface area contributed by atoms with Crippen LogP contribution in [0.3, 0.4) is 0 Å². The zero-order valence-electron chi connectivity index (χ0n) is 10.8. The predicted octanol–water partition coefficient (Wildman–Crippen LogP) is 0.552. The van der Waals surface area contributed by atoms with Gasteiger partial charge in [0.15, 0.2) is 0 Å². The van der Waals surface area contributed by atoms with E-state index in [9.17, 15) is 0 Å². The van der Waals surface area contributed by atoms with Gasteiger partial charge in [0.1, 0.15) is 24.5 Å². The van der Waals surface area contributed by atoms with Gasteiger partial charge in [-0.3, -0.25) is 0 Å². The van der Waals surface area contributed by atoms with Gasteiger partial charge >= 0.3 is 0 Å². The van der Waals surface area contributed by atoms with Crippen molar-refractivity contribution < 1.29 is 0 Å². The molecule has 18 heavy (non-hydrogen) atoms. The highest BCUT2D eigenvalue weighted by Gasteiger charge is 2.24. The van der Waals surface area contributed by atoms with Crippen molar-refractivity contribution in [2.75, 3.05) is 43.9 Å². The van der Waals surface area contributed by atoms with Crippen molar-refractivity contribution in [2.24, 2.45) is 0 Å². The number of rotatable bonds is 4. The van der Waals surface area contributed by atoms with Gasteiger partial charge in [-0.15, -0.1) is 0 Å². The van der Waals surface area contributed by atoms with E-state index >= 15 is 0 Å². The summed E-state index contributed by atoms with van der Waals surface area (Å²) in [5, 5.41) is 11.5. The van der Waals surface area contributed by atoms with Crippen LogP contribution in [-0.4, -0.2) is 54.6 Å². The molecule has 2 heterocycles. The molecule has 0 amide bonds. The van der Waals surface area contributed by atoms with E-state index in [0.29, 0.717) is 11.9 Å². The summed E-state index contributed by atoms with van der Waals surface area (Å²) in [7, 11) is 4.19. The average Bonchev–Trinajstić information content (AvgIpc) is 2.82. The van der Waals surface area contributed by atoms with Crippen LogP contribution in [0.25, 0.3) is 0 Å². The molecule has 1 atom stereocenters. The van der Waals surface area contributed by atoms with Crippen LogP contribution in [0.15, 0.2) is 12.4 Å². The van der Waals surface area contributed by atoms with E-state index in [1.807, 2.05) is 12.1 Å². The van der Waals surface area contributed by atoms with Gasteiger partial charge in [0.2, 0.25) is 0 Å². The molecule has 0 spiro atoms. The van der Waals surface area contributed by atoms with Crippen molar-refractivity contribution in [3.63, 3.8) is 0 Å². The molecular weight excluding hydrogens is 228 g/mol. The Balaban J connectivity index is 2.05. The Morgan fingerprint density at radius 3 is 3.11 bits per heavy atom. The quantitative estimate of drug-likeness (QED) is 0.783. The maximum Gasteiger partial charge on any atom is 0.134 e. The van der Waals surface area contributed by atoms with Crippen molar-refractivity contribution in [1.82, 2.24) is 14.9 Å². The van der Waals surface area contributed by atoms with Gasteiger partial charge < -0.3 is 15.1 Å². The SMILES string of the molecule is CN1CCC(N(C)c2cc(NCC#N)ncn2)C1. The van der Waals surface area contributed by atoms with Gasteiger partial charge in [-0.25, -0.2) is 9.97 Å². The minimum Gasteiger partial charge on any atom is -0.357 e. The number of nitrogens with one attached hydrogen (secondary N) is 1. The minimum absolute atomic E-state index is 0.256. The van der Waals surface area contributed by atoms with Gasteiger partial charge in [-0.1, -0.05) is 0 Å². The second kappa shape index (κ2) is 5.65. The lowest BCUT2D eigenvalue weighted by molar-refractivity contribution is 0.409. The zero-order valence-corrected chi connectivity index (χ0v) is 10.8. The Kier molecular flexibility index (Phi) is 3.95. The number of nitrogens with zero attached hydrogens (tertiary/aromatic N) is 5. The normalized spacial score (nSPS) is 19.5. The van der Waals surface area contributed by atoms with Crippen LogP contribution in [0.2, 0.25) is 0 Å². The van der Waals surface area contributed by atoms with E-state index < -0.39 is 0 Å². The molecule has 1 aliphatic rings. The number of hydrogen-bond donors (Lipinski definition) is 1. The predicted molar refractivity (Wildman–Crippen MR) is 70.4 cm³/mol. The fraction of sp³-hybridized carbons (Fsp3) is 0.583. The first-order chi connectivity index (χ1) is 8.70. The molecule has 1 N–H and O–H groups in total. The van der Waals surface area contributed by atoms with E-state index in [1.54, 1.807) is 0 Å². The third-order valence-electron chi connectivity index (χ3n) is 3.28. The Hall–Kier alpha value is -1.87. The first-order valence-corrected chi connectivity index (χ1v) is 6.05.